The van der Waals surface area contributed by atoms with Gasteiger partial charge < -0.3 is 10.2 Å². The predicted octanol–water partition coefficient (Wildman–Crippen LogP) is -1.04. The zero-order valence-corrected chi connectivity index (χ0v) is 5.45. The van der Waals surface area contributed by atoms with Crippen LogP contribution in [0.1, 0.15) is 0 Å². The lowest BCUT2D eigenvalue weighted by atomic mass is 10.5. The second kappa shape index (κ2) is 4.79. The highest BCUT2D eigenvalue weighted by atomic mass is 16.4. The molecule has 0 aromatic heterocycles. The molecule has 4 nitrogen and oxygen atoms in total. The van der Waals surface area contributed by atoms with Crippen molar-refractivity contribution in [2.45, 2.75) is 0 Å². The van der Waals surface area contributed by atoms with Gasteiger partial charge in [0.2, 0.25) is 0 Å². The number of hydrogen-bond acceptors (Lipinski definition) is 3. The van der Waals surface area contributed by atoms with Crippen molar-refractivity contribution < 1.29 is 15.0 Å². The van der Waals surface area contributed by atoms with Crippen molar-refractivity contribution in [1.29, 1.82) is 0 Å². The summed E-state index contributed by atoms with van der Waals surface area (Å²) in [7, 11) is 0. The minimum Gasteiger partial charge on any atom is -0.480 e. The normalized spacial score (nSPS) is 9.30. The number of aliphatic hydroxyl groups excluding tert-OH is 1. The molecule has 56 valence electrons. The monoisotopic (exact) mass is 143 g/mol. The topological polar surface area (TPSA) is 60.8 Å². The Morgan fingerprint density at radius 2 is 2.30 bits per heavy atom. The molecule has 2 N–H and O–H groups in total. The van der Waals surface area contributed by atoms with Crippen LogP contribution in [0, 0.1) is 12.3 Å². The fourth-order valence-electron chi connectivity index (χ4n) is 0.476. The Kier molecular flexibility index (Phi) is 4.29. The highest BCUT2D eigenvalue weighted by Crippen LogP contribution is 1.82. The number of carboxylic acid groups (broad SMARTS) is 1. The number of terminal acetylenes is 1. The zero-order chi connectivity index (χ0) is 7.98. The van der Waals surface area contributed by atoms with Crippen LogP contribution in [0.15, 0.2) is 0 Å². The van der Waals surface area contributed by atoms with Crippen molar-refractivity contribution in [2.24, 2.45) is 0 Å². The Morgan fingerprint density at radius 1 is 1.70 bits per heavy atom. The smallest absolute Gasteiger partial charge is 0.317 e. The fourth-order valence-corrected chi connectivity index (χ4v) is 0.476. The van der Waals surface area contributed by atoms with Crippen LogP contribution in [0.2, 0.25) is 0 Å². The third kappa shape index (κ3) is 3.89. The second-order valence-electron chi connectivity index (χ2n) is 1.73. The van der Waals surface area contributed by atoms with Gasteiger partial charge >= 0.3 is 5.97 Å². The lowest BCUT2D eigenvalue weighted by Gasteiger charge is -2.11. The van der Waals surface area contributed by atoms with Crippen molar-refractivity contribution in [3.63, 3.8) is 0 Å². The molecule has 4 heteroatoms. The van der Waals surface area contributed by atoms with Gasteiger partial charge in [-0.1, -0.05) is 5.92 Å². The van der Waals surface area contributed by atoms with Crippen LogP contribution in [0.25, 0.3) is 0 Å². The highest BCUT2D eigenvalue weighted by molar-refractivity contribution is 5.69. The first-order valence-electron chi connectivity index (χ1n) is 2.69. The van der Waals surface area contributed by atoms with E-state index in [9.17, 15) is 4.79 Å². The van der Waals surface area contributed by atoms with Gasteiger partial charge in [0.25, 0.3) is 0 Å². The molecule has 0 amide bonds. The van der Waals surface area contributed by atoms with Gasteiger partial charge in [-0.15, -0.1) is 6.42 Å². The van der Waals surface area contributed by atoms with Gasteiger partial charge in [0.05, 0.1) is 19.8 Å². The molecule has 0 radical (unpaired) electrons. The average molecular weight is 143 g/mol. The Morgan fingerprint density at radius 3 is 2.60 bits per heavy atom. The van der Waals surface area contributed by atoms with Crippen molar-refractivity contribution in [2.75, 3.05) is 19.8 Å². The summed E-state index contributed by atoms with van der Waals surface area (Å²) in [5.41, 5.74) is 0. The predicted molar refractivity (Wildman–Crippen MR) is 35.1 cm³/mol. The largest absolute Gasteiger partial charge is 0.480 e. The summed E-state index contributed by atoms with van der Waals surface area (Å²) >= 11 is 0. The summed E-state index contributed by atoms with van der Waals surface area (Å²) in [4.78, 5) is 11.2. The molecule has 0 rings (SSSR count). The van der Waals surface area contributed by atoms with Crippen LogP contribution < -0.4 is 0 Å². The highest BCUT2D eigenvalue weighted by Gasteiger charge is 2.04. The standard InChI is InChI=1S/C6H9NO3/c1-2-3-7(5-8)4-6(9)10/h1,8H,3-5H2,(H,9,10). The quantitative estimate of drug-likeness (QED) is 0.389. The van der Waals surface area contributed by atoms with Crippen LogP contribution in [0.3, 0.4) is 0 Å². The van der Waals surface area contributed by atoms with Gasteiger partial charge in [-0.3, -0.25) is 9.69 Å². The van der Waals surface area contributed by atoms with E-state index in [1.807, 2.05) is 0 Å². The van der Waals surface area contributed by atoms with Crippen molar-refractivity contribution in [1.82, 2.24) is 4.90 Å². The molecule has 0 aliphatic heterocycles. The maximum atomic E-state index is 10.0. The van der Waals surface area contributed by atoms with E-state index >= 15 is 0 Å². The van der Waals surface area contributed by atoms with Crippen LogP contribution >= 0.6 is 0 Å². The number of carbonyl (C=O) groups is 1. The molecular formula is C6H9NO3. The van der Waals surface area contributed by atoms with Gasteiger partial charge in [-0.2, -0.15) is 0 Å². The molecule has 0 heterocycles. The van der Waals surface area contributed by atoms with Crippen LogP contribution in [-0.2, 0) is 4.79 Å². The molecule has 0 unspecified atom stereocenters. The molecular weight excluding hydrogens is 134 g/mol. The van der Waals surface area contributed by atoms with Crippen LogP contribution in [0.5, 0.6) is 0 Å². The summed E-state index contributed by atoms with van der Waals surface area (Å²) in [5, 5.41) is 16.7. The van der Waals surface area contributed by atoms with Crippen LogP contribution in [0.4, 0.5) is 0 Å². The van der Waals surface area contributed by atoms with Crippen LogP contribution in [-0.4, -0.2) is 40.9 Å². The molecule has 0 saturated heterocycles. The summed E-state index contributed by atoms with van der Waals surface area (Å²) in [6.07, 6.45) is 4.88. The third-order valence-electron chi connectivity index (χ3n) is 0.874. The third-order valence-corrected chi connectivity index (χ3v) is 0.874. The maximum absolute atomic E-state index is 10.0. The molecule has 0 saturated carbocycles. The van der Waals surface area contributed by atoms with Crippen molar-refractivity contribution in [3.05, 3.63) is 0 Å². The van der Waals surface area contributed by atoms with E-state index in [4.69, 9.17) is 16.6 Å². The van der Waals surface area contributed by atoms with Gasteiger partial charge in [0, 0.05) is 0 Å². The number of aliphatic hydroxyl groups is 1. The first-order chi connectivity index (χ1) is 4.70. The molecule has 10 heavy (non-hydrogen) atoms. The molecule has 0 aromatic carbocycles. The Balaban J connectivity index is 3.62. The van der Waals surface area contributed by atoms with E-state index in [1.165, 1.54) is 4.90 Å². The Bertz CT molecular complexity index is 150. The Hall–Kier alpha value is -1.05. The van der Waals surface area contributed by atoms with Gasteiger partial charge in [0.15, 0.2) is 0 Å². The molecule has 0 atom stereocenters. The van der Waals surface area contributed by atoms with E-state index in [-0.39, 0.29) is 19.8 Å². The molecule has 0 fully saturated rings. The van der Waals surface area contributed by atoms with E-state index in [2.05, 4.69) is 5.92 Å². The second-order valence-corrected chi connectivity index (χ2v) is 1.73. The number of rotatable bonds is 4. The van der Waals surface area contributed by atoms with Gasteiger partial charge in [-0.25, -0.2) is 0 Å². The van der Waals surface area contributed by atoms with E-state index < -0.39 is 5.97 Å². The SMILES string of the molecule is C#CCN(CO)CC(=O)O. The van der Waals surface area contributed by atoms with E-state index in [0.717, 1.165) is 0 Å². The lowest BCUT2D eigenvalue weighted by molar-refractivity contribution is -0.139. The fraction of sp³-hybridized carbons (Fsp3) is 0.500. The molecule has 0 aromatic rings. The minimum absolute atomic E-state index is 0.156. The molecule has 0 aliphatic carbocycles. The van der Waals surface area contributed by atoms with Crippen molar-refractivity contribution in [3.8, 4) is 12.3 Å². The van der Waals surface area contributed by atoms with E-state index in [1.54, 1.807) is 0 Å². The van der Waals surface area contributed by atoms with E-state index in [0.29, 0.717) is 0 Å². The first-order valence-corrected chi connectivity index (χ1v) is 2.69. The minimum atomic E-state index is -0.996. The summed E-state index contributed by atoms with van der Waals surface area (Å²) in [5.74, 6) is 1.23. The average Bonchev–Trinajstić information content (AvgIpc) is 1.86. The zero-order valence-electron chi connectivity index (χ0n) is 5.45. The number of hydrogen-bond donors (Lipinski definition) is 2. The first kappa shape index (κ1) is 8.95. The molecule has 0 spiro atoms. The summed E-state index contributed by atoms with van der Waals surface area (Å²) < 4.78 is 0. The number of nitrogens with zero attached hydrogens (tertiary/aromatic N) is 1. The molecule has 0 bridgehead atoms. The summed E-state index contributed by atoms with van der Waals surface area (Å²) in [6, 6.07) is 0. The maximum Gasteiger partial charge on any atom is 0.317 e. The van der Waals surface area contributed by atoms with Gasteiger partial charge in [0.1, 0.15) is 0 Å². The lowest BCUT2D eigenvalue weighted by Crippen LogP contribution is -2.30. The number of aliphatic carboxylic acids is 1. The Labute approximate surface area is 59.1 Å². The summed E-state index contributed by atoms with van der Waals surface area (Å²) in [6.45, 7) is -0.389. The molecule has 0 aliphatic rings. The van der Waals surface area contributed by atoms with Gasteiger partial charge in [-0.05, 0) is 0 Å². The van der Waals surface area contributed by atoms with Crippen molar-refractivity contribution >= 4 is 5.97 Å². The number of carboxylic acids is 1.